The standard InChI is InChI=1S/C42H28Br4F2N2O3/c43-25-11-14-36-31(17-25)32-18-26(44)12-15-37(32)49(36)22-39(51)41(53-30-9-5-2-6-10-30)35-21-28(46)20-34-33-19-27(45)13-16-38(33)50(40(34)35)23-42(47,48)24-52-29-7-3-1-4-8-29/h1-21,41H,22-24H2. The summed E-state index contributed by atoms with van der Waals surface area (Å²) in [6.07, 6.45) is -1.17. The van der Waals surface area contributed by atoms with Gasteiger partial charge >= 0.3 is 0 Å². The third kappa shape index (κ3) is 7.28. The van der Waals surface area contributed by atoms with Gasteiger partial charge < -0.3 is 18.6 Å². The molecule has 1 atom stereocenters. The zero-order valence-electron chi connectivity index (χ0n) is 27.7. The molecule has 6 aromatic carbocycles. The number of fused-ring (bicyclic) bond motifs is 6. The highest BCUT2D eigenvalue weighted by molar-refractivity contribution is 9.11. The first kappa shape index (κ1) is 36.0. The van der Waals surface area contributed by atoms with E-state index < -0.39 is 25.2 Å². The summed E-state index contributed by atoms with van der Waals surface area (Å²) in [6, 6.07) is 38.9. The van der Waals surface area contributed by atoms with Crippen LogP contribution in [0.5, 0.6) is 11.5 Å². The van der Waals surface area contributed by atoms with Gasteiger partial charge in [-0.05, 0) is 91.0 Å². The molecule has 0 spiro atoms. The molecule has 0 bridgehead atoms. The lowest BCUT2D eigenvalue weighted by Crippen LogP contribution is -2.31. The SMILES string of the molecule is O=C(Cn1c2ccc(Br)cc2c2cc(Br)ccc21)C(Oc1ccccc1)c1cc(Br)cc2c3cc(Br)ccc3n(CC(F)(F)COc3ccccc3)c12. The molecular weight excluding hydrogens is 938 g/mol. The lowest BCUT2D eigenvalue weighted by Gasteiger charge is -2.23. The van der Waals surface area contributed by atoms with E-state index in [0.717, 1.165) is 40.6 Å². The molecule has 266 valence electrons. The van der Waals surface area contributed by atoms with E-state index in [1.807, 2.05) is 83.4 Å². The van der Waals surface area contributed by atoms with E-state index in [0.29, 0.717) is 38.0 Å². The van der Waals surface area contributed by atoms with Crippen LogP contribution in [0, 0.1) is 0 Å². The first-order valence-electron chi connectivity index (χ1n) is 16.6. The summed E-state index contributed by atoms with van der Waals surface area (Å²) >= 11 is 14.5. The minimum atomic E-state index is -3.28. The highest BCUT2D eigenvalue weighted by Crippen LogP contribution is 2.41. The Bertz CT molecular complexity index is 2600. The smallest absolute Gasteiger partial charge is 0.298 e. The van der Waals surface area contributed by atoms with E-state index in [2.05, 4.69) is 63.7 Å². The number of benzene rings is 6. The summed E-state index contributed by atoms with van der Waals surface area (Å²) in [5.41, 5.74) is 3.28. The highest BCUT2D eigenvalue weighted by Gasteiger charge is 2.35. The first-order chi connectivity index (χ1) is 25.5. The average molecular weight is 966 g/mol. The van der Waals surface area contributed by atoms with Gasteiger partial charge in [-0.3, -0.25) is 4.79 Å². The Morgan fingerprint density at radius 2 is 1.09 bits per heavy atom. The number of carbonyl (C=O) groups excluding carboxylic acids is 1. The Morgan fingerprint density at radius 3 is 1.66 bits per heavy atom. The number of rotatable bonds is 11. The number of ketones is 1. The Kier molecular flexibility index (Phi) is 9.95. The van der Waals surface area contributed by atoms with Crippen molar-refractivity contribution in [2.45, 2.75) is 25.1 Å². The number of aromatic nitrogens is 2. The largest absolute Gasteiger partial charge is 0.487 e. The van der Waals surface area contributed by atoms with Crippen LogP contribution in [0.3, 0.4) is 0 Å². The molecule has 0 radical (unpaired) electrons. The predicted octanol–water partition coefficient (Wildman–Crippen LogP) is 13.1. The van der Waals surface area contributed by atoms with Gasteiger partial charge in [0.1, 0.15) is 11.5 Å². The fourth-order valence-electron chi connectivity index (χ4n) is 6.95. The van der Waals surface area contributed by atoms with Gasteiger partial charge in [0, 0.05) is 61.5 Å². The molecule has 0 fully saturated rings. The van der Waals surface area contributed by atoms with Gasteiger partial charge in [-0.1, -0.05) is 100 Å². The van der Waals surface area contributed by atoms with Crippen molar-refractivity contribution >= 4 is 113 Å². The second kappa shape index (κ2) is 14.7. The third-order valence-corrected chi connectivity index (χ3v) is 11.1. The molecule has 8 aromatic rings. The van der Waals surface area contributed by atoms with Gasteiger partial charge in [-0.15, -0.1) is 0 Å². The Hall–Kier alpha value is -4.03. The number of para-hydroxylation sites is 2. The number of hydrogen-bond donors (Lipinski definition) is 0. The second-order valence-corrected chi connectivity index (χ2v) is 16.4. The normalized spacial score (nSPS) is 12.6. The molecule has 2 heterocycles. The van der Waals surface area contributed by atoms with Gasteiger partial charge in [0.15, 0.2) is 18.5 Å². The van der Waals surface area contributed by atoms with Crippen LogP contribution in [-0.4, -0.2) is 27.4 Å². The summed E-state index contributed by atoms with van der Waals surface area (Å²) in [4.78, 5) is 15.0. The van der Waals surface area contributed by atoms with Crippen molar-refractivity contribution in [2.75, 3.05) is 6.61 Å². The molecule has 0 amide bonds. The number of nitrogens with zero attached hydrogens (tertiary/aromatic N) is 2. The van der Waals surface area contributed by atoms with Gasteiger partial charge in [0.2, 0.25) is 0 Å². The number of hydrogen-bond acceptors (Lipinski definition) is 3. The maximum Gasteiger partial charge on any atom is 0.298 e. The summed E-state index contributed by atoms with van der Waals surface area (Å²) in [6.45, 7) is -1.57. The summed E-state index contributed by atoms with van der Waals surface area (Å²) in [7, 11) is 0. The van der Waals surface area contributed by atoms with Crippen LogP contribution in [0.25, 0.3) is 43.6 Å². The van der Waals surface area contributed by atoms with E-state index in [4.69, 9.17) is 9.47 Å². The van der Waals surface area contributed by atoms with Crippen LogP contribution in [0.2, 0.25) is 0 Å². The summed E-state index contributed by atoms with van der Waals surface area (Å²) < 4.78 is 51.2. The van der Waals surface area contributed by atoms with Crippen molar-refractivity contribution < 1.29 is 23.0 Å². The highest BCUT2D eigenvalue weighted by atomic mass is 79.9. The van der Waals surface area contributed by atoms with Gasteiger partial charge in [0.25, 0.3) is 5.92 Å². The first-order valence-corrected chi connectivity index (χ1v) is 19.8. The minimum absolute atomic E-state index is 0.0401. The lowest BCUT2D eigenvalue weighted by molar-refractivity contribution is -0.126. The second-order valence-electron chi connectivity index (χ2n) is 12.8. The molecule has 0 aliphatic rings. The predicted molar refractivity (Wildman–Crippen MR) is 221 cm³/mol. The third-order valence-electron chi connectivity index (χ3n) is 9.17. The molecule has 0 saturated heterocycles. The Morgan fingerprint density at radius 1 is 0.604 bits per heavy atom. The average Bonchev–Trinajstić information content (AvgIpc) is 3.60. The minimum Gasteiger partial charge on any atom is -0.487 e. The van der Waals surface area contributed by atoms with Crippen molar-refractivity contribution in [1.29, 1.82) is 0 Å². The van der Waals surface area contributed by atoms with Crippen molar-refractivity contribution in [3.05, 3.63) is 151 Å². The fraction of sp³-hybridized carbons (Fsp3) is 0.119. The van der Waals surface area contributed by atoms with Crippen LogP contribution in [0.1, 0.15) is 11.7 Å². The fourth-order valence-corrected chi connectivity index (χ4v) is 8.51. The van der Waals surface area contributed by atoms with E-state index in [-0.39, 0.29) is 12.3 Å². The van der Waals surface area contributed by atoms with Crippen molar-refractivity contribution in [2.24, 2.45) is 0 Å². The summed E-state index contributed by atoms with van der Waals surface area (Å²) in [5.74, 6) is -2.71. The van der Waals surface area contributed by atoms with Crippen LogP contribution < -0.4 is 9.47 Å². The molecule has 1 unspecified atom stereocenters. The number of carbonyl (C=O) groups is 1. The van der Waals surface area contributed by atoms with Gasteiger partial charge in [-0.2, -0.15) is 0 Å². The van der Waals surface area contributed by atoms with E-state index in [1.54, 1.807) is 53.1 Å². The molecule has 0 N–H and O–H groups in total. The van der Waals surface area contributed by atoms with Crippen LogP contribution >= 0.6 is 63.7 Å². The molecule has 0 saturated carbocycles. The van der Waals surface area contributed by atoms with E-state index >= 15 is 8.78 Å². The van der Waals surface area contributed by atoms with Crippen LogP contribution in [0.4, 0.5) is 8.78 Å². The monoisotopic (exact) mass is 962 g/mol. The molecule has 53 heavy (non-hydrogen) atoms. The number of halogens is 6. The Labute approximate surface area is 337 Å². The zero-order valence-corrected chi connectivity index (χ0v) is 34.1. The number of alkyl halides is 2. The lowest BCUT2D eigenvalue weighted by atomic mass is 10.0. The molecule has 0 aliphatic carbocycles. The van der Waals surface area contributed by atoms with Gasteiger partial charge in [0.05, 0.1) is 18.6 Å². The van der Waals surface area contributed by atoms with Crippen molar-refractivity contribution in [3.63, 3.8) is 0 Å². The van der Waals surface area contributed by atoms with Crippen LogP contribution in [0.15, 0.2) is 145 Å². The number of Topliss-reactive ketones (excluding diaryl/α,β-unsaturated/α-hetero) is 1. The number of ether oxygens (including phenoxy) is 2. The van der Waals surface area contributed by atoms with Crippen LogP contribution in [-0.2, 0) is 17.9 Å². The Balaban J connectivity index is 1.30. The summed E-state index contributed by atoms with van der Waals surface area (Å²) in [5, 5.41) is 3.42. The molecule has 5 nitrogen and oxygen atoms in total. The van der Waals surface area contributed by atoms with E-state index in [1.165, 1.54) is 0 Å². The molecule has 2 aromatic heterocycles. The van der Waals surface area contributed by atoms with Gasteiger partial charge in [-0.25, -0.2) is 8.78 Å². The molecule has 0 aliphatic heterocycles. The van der Waals surface area contributed by atoms with Crippen molar-refractivity contribution in [3.8, 4) is 11.5 Å². The van der Waals surface area contributed by atoms with Crippen molar-refractivity contribution in [1.82, 2.24) is 9.13 Å². The zero-order chi connectivity index (χ0) is 36.9. The quantitative estimate of drug-likeness (QED) is 0.130. The molecule has 8 rings (SSSR count). The maximum absolute atomic E-state index is 16.1. The molecular formula is C42H28Br4F2N2O3. The topological polar surface area (TPSA) is 45.4 Å². The maximum atomic E-state index is 16.1. The van der Waals surface area contributed by atoms with E-state index in [9.17, 15) is 4.79 Å². The molecule has 11 heteroatoms.